The van der Waals surface area contributed by atoms with Gasteiger partial charge in [0.05, 0.1) is 21.8 Å². The normalized spacial score (nSPS) is 11.0. The van der Waals surface area contributed by atoms with E-state index >= 15 is 0 Å². The molecule has 8 heteroatoms. The third-order valence-corrected chi connectivity index (χ3v) is 3.91. The highest BCUT2D eigenvalue weighted by Gasteiger charge is 2.20. The minimum absolute atomic E-state index is 0.132. The highest BCUT2D eigenvalue weighted by Crippen LogP contribution is 2.28. The first kappa shape index (κ1) is 14.6. The predicted molar refractivity (Wildman–Crippen MR) is 80.9 cm³/mol. The quantitative estimate of drug-likeness (QED) is 0.766. The van der Waals surface area contributed by atoms with Gasteiger partial charge in [-0.2, -0.15) is 9.61 Å². The van der Waals surface area contributed by atoms with Gasteiger partial charge in [0.25, 0.3) is 0 Å². The smallest absolute Gasteiger partial charge is 0.355 e. The molecule has 2 heterocycles. The van der Waals surface area contributed by atoms with Gasteiger partial charge in [-0.3, -0.25) is 0 Å². The highest BCUT2D eigenvalue weighted by atomic mass is 35.5. The van der Waals surface area contributed by atoms with Gasteiger partial charge in [-0.15, -0.1) is 0 Å². The number of halogens is 2. The number of carbonyl (C=O) groups is 1. The average Bonchev–Trinajstić information content (AvgIpc) is 2.94. The molecule has 0 saturated carbocycles. The number of hydrogen-bond acceptors (Lipinski definition) is 4. The molecule has 1 aromatic carbocycles. The monoisotopic (exact) mass is 337 g/mol. The Hall–Kier alpha value is -2.31. The van der Waals surface area contributed by atoms with Crippen LogP contribution in [0.1, 0.15) is 21.6 Å². The molecule has 0 radical (unpaired) electrons. The Morgan fingerprint density at radius 3 is 2.68 bits per heavy atom. The molecule has 0 aliphatic heterocycles. The van der Waals surface area contributed by atoms with Crippen LogP contribution in [0, 0.1) is 0 Å². The summed E-state index contributed by atoms with van der Waals surface area (Å²) >= 11 is 11.8. The van der Waals surface area contributed by atoms with E-state index in [9.17, 15) is 15.0 Å². The van der Waals surface area contributed by atoms with E-state index in [1.807, 2.05) is 0 Å². The van der Waals surface area contributed by atoms with Crippen molar-refractivity contribution in [2.75, 3.05) is 0 Å². The second-order valence-electron chi connectivity index (χ2n) is 4.59. The van der Waals surface area contributed by atoms with Crippen molar-refractivity contribution in [2.24, 2.45) is 0 Å². The molecule has 0 aliphatic carbocycles. The van der Waals surface area contributed by atoms with E-state index in [1.165, 1.54) is 16.8 Å². The molecule has 112 valence electrons. The number of rotatable bonds is 3. The number of carboxylic acids is 1. The molecular weight excluding hydrogens is 329 g/mol. The fraction of sp³-hybridized carbons (Fsp3) is 0.0714. The van der Waals surface area contributed by atoms with Crippen LogP contribution in [0.3, 0.4) is 0 Å². The van der Waals surface area contributed by atoms with Gasteiger partial charge in [0, 0.05) is 12.5 Å². The number of carboxylic acid groups (broad SMARTS) is 1. The zero-order valence-electron chi connectivity index (χ0n) is 11.0. The lowest BCUT2D eigenvalue weighted by Crippen LogP contribution is -2.10. The lowest BCUT2D eigenvalue weighted by atomic mass is 10.0. The molecule has 2 N–H and O–H groups in total. The van der Waals surface area contributed by atoms with Crippen molar-refractivity contribution in [1.29, 1.82) is 0 Å². The van der Waals surface area contributed by atoms with Crippen molar-refractivity contribution in [2.45, 2.75) is 6.42 Å². The molecule has 0 atom stereocenters. The Morgan fingerprint density at radius 1 is 1.23 bits per heavy atom. The van der Waals surface area contributed by atoms with Crippen LogP contribution in [0.4, 0.5) is 0 Å². The second-order valence-corrected chi connectivity index (χ2v) is 5.41. The number of nitrogens with zero attached hydrogens (tertiary/aromatic N) is 3. The minimum Gasteiger partial charge on any atom is -0.493 e. The Labute approximate surface area is 134 Å². The van der Waals surface area contributed by atoms with Crippen LogP contribution >= 0.6 is 23.2 Å². The summed E-state index contributed by atoms with van der Waals surface area (Å²) in [5.41, 5.74) is 0.881. The van der Waals surface area contributed by atoms with Crippen LogP contribution < -0.4 is 0 Å². The first-order valence-corrected chi connectivity index (χ1v) is 6.96. The fourth-order valence-electron chi connectivity index (χ4n) is 2.15. The topological polar surface area (TPSA) is 87.7 Å². The molecule has 6 nitrogen and oxygen atoms in total. The van der Waals surface area contributed by atoms with Crippen molar-refractivity contribution < 1.29 is 15.0 Å². The van der Waals surface area contributed by atoms with Gasteiger partial charge in [-0.05, 0) is 17.7 Å². The summed E-state index contributed by atoms with van der Waals surface area (Å²) in [5.74, 6) is -1.49. The Kier molecular flexibility index (Phi) is 3.64. The summed E-state index contributed by atoms with van der Waals surface area (Å²) in [7, 11) is 0. The molecular formula is C14H9Cl2N3O3. The fourth-order valence-corrected chi connectivity index (χ4v) is 2.47. The third-order valence-electron chi connectivity index (χ3n) is 3.17. The molecule has 0 bridgehead atoms. The zero-order chi connectivity index (χ0) is 15.9. The highest BCUT2D eigenvalue weighted by molar-refractivity contribution is 6.42. The van der Waals surface area contributed by atoms with Gasteiger partial charge in [-0.25, -0.2) is 9.78 Å². The summed E-state index contributed by atoms with van der Waals surface area (Å²) < 4.78 is 1.18. The molecule has 0 fully saturated rings. The van der Waals surface area contributed by atoms with Crippen LogP contribution in [0.2, 0.25) is 10.0 Å². The maximum Gasteiger partial charge on any atom is 0.355 e. The molecule has 0 saturated heterocycles. The van der Waals surface area contributed by atoms with Gasteiger partial charge in [-0.1, -0.05) is 29.3 Å². The zero-order valence-corrected chi connectivity index (χ0v) is 12.5. The van der Waals surface area contributed by atoms with E-state index in [-0.39, 0.29) is 29.2 Å². The van der Waals surface area contributed by atoms with E-state index in [0.717, 1.165) is 0 Å². The van der Waals surface area contributed by atoms with Gasteiger partial charge < -0.3 is 10.2 Å². The first-order valence-electron chi connectivity index (χ1n) is 6.20. The van der Waals surface area contributed by atoms with Gasteiger partial charge in [0.2, 0.25) is 5.88 Å². The average molecular weight is 338 g/mol. The van der Waals surface area contributed by atoms with Crippen molar-refractivity contribution in [3.8, 4) is 5.88 Å². The number of hydrogen-bond donors (Lipinski definition) is 2. The molecule has 3 aromatic rings. The van der Waals surface area contributed by atoms with Crippen molar-refractivity contribution in [3.05, 3.63) is 57.3 Å². The van der Waals surface area contributed by atoms with E-state index < -0.39 is 5.97 Å². The standard InChI is InChI=1S/C14H9Cl2N3O3/c15-9-2-1-7(6-10(9)16)5-8-12(14(21)22)18-11-3-4-17-19(11)13(8)20/h1-4,6,20H,5H2,(H,21,22). The minimum atomic E-state index is -1.23. The van der Waals surface area contributed by atoms with E-state index in [0.29, 0.717) is 15.6 Å². The number of aromatic carboxylic acids is 1. The number of aromatic hydroxyl groups is 1. The Bertz CT molecular complexity index is 892. The van der Waals surface area contributed by atoms with Crippen LogP contribution in [0.25, 0.3) is 5.65 Å². The molecule has 0 spiro atoms. The van der Waals surface area contributed by atoms with Gasteiger partial charge in [0.15, 0.2) is 11.3 Å². The van der Waals surface area contributed by atoms with Crippen LogP contribution in [-0.4, -0.2) is 30.8 Å². The van der Waals surface area contributed by atoms with Crippen LogP contribution in [0.15, 0.2) is 30.5 Å². The number of benzene rings is 1. The van der Waals surface area contributed by atoms with Gasteiger partial charge >= 0.3 is 5.97 Å². The largest absolute Gasteiger partial charge is 0.493 e. The molecule has 22 heavy (non-hydrogen) atoms. The van der Waals surface area contributed by atoms with E-state index in [2.05, 4.69) is 10.1 Å². The Morgan fingerprint density at radius 2 is 2.00 bits per heavy atom. The molecule has 3 rings (SSSR count). The van der Waals surface area contributed by atoms with E-state index in [4.69, 9.17) is 23.2 Å². The Balaban J connectivity index is 2.15. The number of aromatic nitrogens is 3. The summed E-state index contributed by atoms with van der Waals surface area (Å²) in [5, 5.41) is 24.3. The predicted octanol–water partition coefficient (Wildman–Crippen LogP) is 3.03. The maximum absolute atomic E-state index is 11.4. The number of fused-ring (bicyclic) bond motifs is 1. The molecule has 0 unspecified atom stereocenters. The molecule has 0 aliphatic rings. The lowest BCUT2D eigenvalue weighted by Gasteiger charge is -2.10. The van der Waals surface area contributed by atoms with E-state index in [1.54, 1.807) is 18.2 Å². The van der Waals surface area contributed by atoms with Crippen LogP contribution in [0.5, 0.6) is 5.88 Å². The summed E-state index contributed by atoms with van der Waals surface area (Å²) in [6.07, 6.45) is 1.56. The second kappa shape index (κ2) is 5.47. The maximum atomic E-state index is 11.4. The summed E-state index contributed by atoms with van der Waals surface area (Å²) in [6, 6.07) is 6.43. The molecule has 2 aromatic heterocycles. The lowest BCUT2D eigenvalue weighted by molar-refractivity contribution is 0.0688. The third kappa shape index (κ3) is 2.47. The SMILES string of the molecule is O=C(O)c1nc2ccnn2c(O)c1Cc1ccc(Cl)c(Cl)c1. The van der Waals surface area contributed by atoms with Crippen molar-refractivity contribution in [1.82, 2.24) is 14.6 Å². The summed E-state index contributed by atoms with van der Waals surface area (Å²) in [6.45, 7) is 0. The van der Waals surface area contributed by atoms with Gasteiger partial charge in [0.1, 0.15) is 0 Å². The van der Waals surface area contributed by atoms with Crippen molar-refractivity contribution >= 4 is 34.8 Å². The van der Waals surface area contributed by atoms with Crippen molar-refractivity contribution in [3.63, 3.8) is 0 Å². The summed E-state index contributed by atoms with van der Waals surface area (Å²) in [4.78, 5) is 15.4. The van der Waals surface area contributed by atoms with Crippen LogP contribution in [-0.2, 0) is 6.42 Å². The first-order chi connectivity index (χ1) is 10.5. The molecule has 0 amide bonds.